The minimum atomic E-state index is -0.306. The molecule has 166 valence electrons. The monoisotopic (exact) mass is 516 g/mol. The standard InChI is InChI=1S/C23H21BrN2O5S/c24-18-5-1-17(2-6-18)14-26-22(28)20(32-23(26)29)13-16-3-7-19(8-4-16)31-15-21(27)25-9-11-30-12-10-25/h1-8,13H,9-12,14-15H2/b20-13-. The van der Waals surface area contributed by atoms with Crippen molar-refractivity contribution in [2.75, 3.05) is 32.9 Å². The second kappa shape index (κ2) is 10.3. The van der Waals surface area contributed by atoms with Crippen LogP contribution in [0, 0.1) is 0 Å². The Bertz CT molecular complexity index is 1030. The van der Waals surface area contributed by atoms with Gasteiger partial charge in [-0.05, 0) is 53.2 Å². The lowest BCUT2D eigenvalue weighted by molar-refractivity contribution is -0.137. The molecule has 7 nitrogen and oxygen atoms in total. The van der Waals surface area contributed by atoms with E-state index in [9.17, 15) is 14.4 Å². The average Bonchev–Trinajstić information content (AvgIpc) is 3.07. The zero-order valence-corrected chi connectivity index (χ0v) is 19.6. The van der Waals surface area contributed by atoms with E-state index in [1.165, 1.54) is 4.90 Å². The first-order chi connectivity index (χ1) is 15.5. The van der Waals surface area contributed by atoms with E-state index in [0.717, 1.165) is 27.4 Å². The van der Waals surface area contributed by atoms with Crippen molar-refractivity contribution < 1.29 is 23.9 Å². The summed E-state index contributed by atoms with van der Waals surface area (Å²) in [7, 11) is 0. The molecule has 0 aromatic heterocycles. The molecule has 2 aliphatic rings. The van der Waals surface area contributed by atoms with Crippen molar-refractivity contribution >= 4 is 50.8 Å². The zero-order valence-electron chi connectivity index (χ0n) is 17.2. The fraction of sp³-hybridized carbons (Fsp3) is 0.261. The number of thioether (sulfide) groups is 1. The van der Waals surface area contributed by atoms with Gasteiger partial charge in [0.25, 0.3) is 17.1 Å². The number of halogens is 1. The number of morpholine rings is 1. The number of hydrogen-bond acceptors (Lipinski definition) is 6. The van der Waals surface area contributed by atoms with Crippen molar-refractivity contribution in [3.05, 3.63) is 69.0 Å². The molecule has 32 heavy (non-hydrogen) atoms. The summed E-state index contributed by atoms with van der Waals surface area (Å²) in [6.45, 7) is 2.47. The molecule has 4 rings (SSSR count). The van der Waals surface area contributed by atoms with E-state index in [-0.39, 0.29) is 30.2 Å². The molecule has 2 aromatic rings. The molecule has 0 unspecified atom stereocenters. The minimum Gasteiger partial charge on any atom is -0.484 e. The average molecular weight is 517 g/mol. The van der Waals surface area contributed by atoms with Gasteiger partial charge in [-0.15, -0.1) is 0 Å². The Morgan fingerprint density at radius 2 is 1.75 bits per heavy atom. The fourth-order valence-electron chi connectivity index (χ4n) is 3.27. The molecule has 2 saturated heterocycles. The second-order valence-electron chi connectivity index (χ2n) is 7.25. The highest BCUT2D eigenvalue weighted by Gasteiger charge is 2.34. The maximum absolute atomic E-state index is 12.7. The van der Waals surface area contributed by atoms with Gasteiger partial charge in [0.05, 0.1) is 24.7 Å². The summed E-state index contributed by atoms with van der Waals surface area (Å²) in [4.78, 5) is 40.6. The summed E-state index contributed by atoms with van der Waals surface area (Å²) in [5.74, 6) is 0.184. The molecule has 2 heterocycles. The van der Waals surface area contributed by atoms with E-state index in [1.807, 2.05) is 24.3 Å². The van der Waals surface area contributed by atoms with Gasteiger partial charge in [-0.3, -0.25) is 19.3 Å². The highest BCUT2D eigenvalue weighted by Crippen LogP contribution is 2.33. The third-order valence-electron chi connectivity index (χ3n) is 5.03. The highest BCUT2D eigenvalue weighted by molar-refractivity contribution is 9.10. The van der Waals surface area contributed by atoms with Gasteiger partial charge < -0.3 is 14.4 Å². The lowest BCUT2D eigenvalue weighted by Gasteiger charge is -2.26. The molecular formula is C23H21BrN2O5S. The molecule has 0 spiro atoms. The van der Waals surface area contributed by atoms with E-state index in [0.29, 0.717) is 37.0 Å². The molecular weight excluding hydrogens is 496 g/mol. The number of carbonyl (C=O) groups excluding carboxylic acids is 3. The van der Waals surface area contributed by atoms with Crippen molar-refractivity contribution in [3.8, 4) is 5.75 Å². The van der Waals surface area contributed by atoms with Crippen molar-refractivity contribution in [1.82, 2.24) is 9.80 Å². The summed E-state index contributed by atoms with van der Waals surface area (Å²) >= 11 is 4.31. The Morgan fingerprint density at radius 1 is 1.06 bits per heavy atom. The molecule has 2 aliphatic heterocycles. The predicted molar refractivity (Wildman–Crippen MR) is 125 cm³/mol. The maximum Gasteiger partial charge on any atom is 0.293 e. The van der Waals surface area contributed by atoms with Gasteiger partial charge in [-0.2, -0.15) is 0 Å². The third-order valence-corrected chi connectivity index (χ3v) is 6.47. The molecule has 0 atom stereocenters. The van der Waals surface area contributed by atoms with Gasteiger partial charge in [0.15, 0.2) is 6.61 Å². The normalized spacial score (nSPS) is 17.8. The lowest BCUT2D eigenvalue weighted by atomic mass is 10.2. The summed E-state index contributed by atoms with van der Waals surface area (Å²) < 4.78 is 11.8. The van der Waals surface area contributed by atoms with Crippen molar-refractivity contribution in [1.29, 1.82) is 0 Å². The van der Waals surface area contributed by atoms with Crippen LogP contribution in [-0.2, 0) is 20.9 Å². The summed E-state index contributed by atoms with van der Waals surface area (Å²) in [6.07, 6.45) is 1.69. The van der Waals surface area contributed by atoms with Crippen LogP contribution in [0.25, 0.3) is 6.08 Å². The van der Waals surface area contributed by atoms with E-state index in [2.05, 4.69) is 15.9 Å². The Morgan fingerprint density at radius 3 is 2.44 bits per heavy atom. The number of rotatable bonds is 6. The summed E-state index contributed by atoms with van der Waals surface area (Å²) in [6, 6.07) is 14.6. The van der Waals surface area contributed by atoms with Crippen LogP contribution in [0.5, 0.6) is 5.75 Å². The van der Waals surface area contributed by atoms with E-state index in [4.69, 9.17) is 9.47 Å². The number of hydrogen-bond donors (Lipinski definition) is 0. The van der Waals surface area contributed by atoms with Crippen LogP contribution in [0.1, 0.15) is 11.1 Å². The van der Waals surface area contributed by atoms with Crippen LogP contribution in [0.2, 0.25) is 0 Å². The molecule has 9 heteroatoms. The maximum atomic E-state index is 12.7. The molecule has 2 fully saturated rings. The SMILES string of the molecule is O=C(COc1ccc(/C=C2\SC(=O)N(Cc3ccc(Br)cc3)C2=O)cc1)N1CCOCC1. The van der Waals surface area contributed by atoms with E-state index < -0.39 is 0 Å². The second-order valence-corrected chi connectivity index (χ2v) is 9.15. The first-order valence-electron chi connectivity index (χ1n) is 10.1. The topological polar surface area (TPSA) is 76.2 Å². The largest absolute Gasteiger partial charge is 0.484 e. The molecule has 0 N–H and O–H groups in total. The smallest absolute Gasteiger partial charge is 0.293 e. The number of amides is 3. The van der Waals surface area contributed by atoms with Gasteiger partial charge in [0.1, 0.15) is 5.75 Å². The Balaban J connectivity index is 1.35. The first kappa shape index (κ1) is 22.6. The zero-order chi connectivity index (χ0) is 22.5. The van der Waals surface area contributed by atoms with Gasteiger partial charge in [0, 0.05) is 17.6 Å². The van der Waals surface area contributed by atoms with Crippen LogP contribution < -0.4 is 4.74 Å². The summed E-state index contributed by atoms with van der Waals surface area (Å²) in [5.41, 5.74) is 1.65. The van der Waals surface area contributed by atoms with Crippen molar-refractivity contribution in [2.24, 2.45) is 0 Å². The highest BCUT2D eigenvalue weighted by atomic mass is 79.9. The Kier molecular flexibility index (Phi) is 7.29. The summed E-state index contributed by atoms with van der Waals surface area (Å²) in [5, 5.41) is -0.286. The Hall–Kier alpha value is -2.62. The van der Waals surface area contributed by atoms with Crippen molar-refractivity contribution in [2.45, 2.75) is 6.54 Å². The van der Waals surface area contributed by atoms with Crippen LogP contribution >= 0.6 is 27.7 Å². The molecule has 0 bridgehead atoms. The van der Waals surface area contributed by atoms with Crippen molar-refractivity contribution in [3.63, 3.8) is 0 Å². The predicted octanol–water partition coefficient (Wildman–Crippen LogP) is 3.92. The number of nitrogens with zero attached hydrogens (tertiary/aromatic N) is 2. The molecule has 0 aliphatic carbocycles. The quantitative estimate of drug-likeness (QED) is 0.541. The molecule has 0 saturated carbocycles. The number of benzene rings is 2. The number of carbonyl (C=O) groups is 3. The van der Waals surface area contributed by atoms with Gasteiger partial charge in [0.2, 0.25) is 0 Å². The number of ether oxygens (including phenoxy) is 2. The fourth-order valence-corrected chi connectivity index (χ4v) is 4.37. The van der Waals surface area contributed by atoms with Crippen LogP contribution in [-0.4, -0.2) is 59.8 Å². The number of imide groups is 1. The molecule has 0 radical (unpaired) electrons. The third kappa shape index (κ3) is 5.59. The minimum absolute atomic E-state index is 0.0334. The van der Waals surface area contributed by atoms with Gasteiger partial charge >= 0.3 is 0 Å². The first-order valence-corrected chi connectivity index (χ1v) is 11.7. The van der Waals surface area contributed by atoms with Crippen LogP contribution in [0.4, 0.5) is 4.79 Å². The van der Waals surface area contributed by atoms with E-state index in [1.54, 1.807) is 35.2 Å². The molecule has 3 amide bonds. The van der Waals surface area contributed by atoms with Crippen LogP contribution in [0.3, 0.4) is 0 Å². The van der Waals surface area contributed by atoms with E-state index >= 15 is 0 Å². The Labute approximate surface area is 198 Å². The van der Waals surface area contributed by atoms with Gasteiger partial charge in [-0.25, -0.2) is 0 Å². The van der Waals surface area contributed by atoms with Gasteiger partial charge in [-0.1, -0.05) is 40.2 Å². The molecule has 2 aromatic carbocycles. The van der Waals surface area contributed by atoms with Crippen LogP contribution in [0.15, 0.2) is 57.9 Å². The lowest BCUT2D eigenvalue weighted by Crippen LogP contribution is -2.42.